The lowest BCUT2D eigenvalue weighted by Gasteiger charge is -2.41. The molecule has 0 saturated heterocycles. The van der Waals surface area contributed by atoms with E-state index in [1.165, 1.54) is 75.0 Å². The van der Waals surface area contributed by atoms with Crippen LogP contribution in [0.4, 0.5) is 0 Å². The summed E-state index contributed by atoms with van der Waals surface area (Å²) in [6.45, 7) is 6.09. The molecule has 3 rings (SSSR count). The summed E-state index contributed by atoms with van der Waals surface area (Å²) in [5.74, 6) is 1.47. The van der Waals surface area contributed by atoms with Crippen LogP contribution >= 0.6 is 0 Å². The van der Waals surface area contributed by atoms with E-state index < -0.39 is 0 Å². The van der Waals surface area contributed by atoms with Gasteiger partial charge in [0, 0.05) is 12.3 Å². The number of ether oxygens (including phenoxy) is 2. The first-order chi connectivity index (χ1) is 18.0. The van der Waals surface area contributed by atoms with Crippen LogP contribution in [0.15, 0.2) is 78.9 Å². The van der Waals surface area contributed by atoms with Crippen LogP contribution in [-0.2, 0) is 10.2 Å². The summed E-state index contributed by atoms with van der Waals surface area (Å²) in [5.41, 5.74) is 3.37. The minimum Gasteiger partial charge on any atom is -0.497 e. The Morgan fingerprint density at radius 1 is 0.703 bits per heavy atom. The lowest BCUT2D eigenvalue weighted by molar-refractivity contribution is -0.131. The predicted molar refractivity (Wildman–Crippen MR) is 153 cm³/mol. The van der Waals surface area contributed by atoms with Crippen LogP contribution in [0.1, 0.15) is 95.2 Å². The first-order valence-electron chi connectivity index (χ1n) is 14.0. The van der Waals surface area contributed by atoms with E-state index in [9.17, 15) is 4.79 Å². The van der Waals surface area contributed by atoms with E-state index in [1.54, 1.807) is 7.11 Å². The van der Waals surface area contributed by atoms with Crippen LogP contribution in [0.3, 0.4) is 0 Å². The third-order valence-corrected chi connectivity index (χ3v) is 7.58. The molecule has 0 radical (unpaired) electrons. The van der Waals surface area contributed by atoms with Crippen LogP contribution in [0.5, 0.6) is 11.5 Å². The van der Waals surface area contributed by atoms with E-state index >= 15 is 0 Å². The second-order valence-corrected chi connectivity index (χ2v) is 10.2. The van der Waals surface area contributed by atoms with Gasteiger partial charge in [-0.2, -0.15) is 0 Å². The lowest BCUT2D eigenvalue weighted by Crippen LogP contribution is -2.36. The van der Waals surface area contributed by atoms with Crippen molar-refractivity contribution in [1.29, 1.82) is 0 Å². The van der Waals surface area contributed by atoms with Crippen molar-refractivity contribution < 1.29 is 14.3 Å². The Balaban J connectivity index is 1.96. The molecule has 0 heterocycles. The number of unbranched alkanes of at least 4 members (excludes halogenated alkanes) is 7. The molecule has 3 nitrogen and oxygen atoms in total. The zero-order valence-electron chi connectivity index (χ0n) is 23.2. The molecule has 0 aliphatic rings. The molecular formula is C34H44O3. The zero-order valence-corrected chi connectivity index (χ0v) is 23.2. The SMILES string of the molecule is CCCCCCCCCCC(C)C(c1ccccc1)(c1ccc(OC)cc1)c1ccc(OC(C)=O)cc1. The summed E-state index contributed by atoms with van der Waals surface area (Å²) in [5, 5.41) is 0. The molecule has 0 N–H and O–H groups in total. The van der Waals surface area contributed by atoms with Crippen molar-refractivity contribution in [2.75, 3.05) is 7.11 Å². The van der Waals surface area contributed by atoms with Gasteiger partial charge in [-0.15, -0.1) is 0 Å². The molecule has 0 aromatic heterocycles. The number of hydrogen-bond donors (Lipinski definition) is 0. The third-order valence-electron chi connectivity index (χ3n) is 7.58. The predicted octanol–water partition coefficient (Wildman–Crippen LogP) is 9.12. The maximum absolute atomic E-state index is 11.5. The van der Waals surface area contributed by atoms with Gasteiger partial charge in [-0.05, 0) is 53.3 Å². The van der Waals surface area contributed by atoms with Crippen LogP contribution in [-0.4, -0.2) is 13.1 Å². The molecule has 0 spiro atoms. The average molecular weight is 501 g/mol. The highest BCUT2D eigenvalue weighted by molar-refractivity contribution is 5.69. The highest BCUT2D eigenvalue weighted by Crippen LogP contribution is 2.47. The van der Waals surface area contributed by atoms with Crippen molar-refractivity contribution in [3.8, 4) is 11.5 Å². The van der Waals surface area contributed by atoms with Gasteiger partial charge in [0.25, 0.3) is 0 Å². The summed E-state index contributed by atoms with van der Waals surface area (Å²) in [6, 6.07) is 27.4. The summed E-state index contributed by atoms with van der Waals surface area (Å²) in [7, 11) is 1.71. The Bertz CT molecular complexity index is 1060. The fourth-order valence-corrected chi connectivity index (χ4v) is 5.66. The Labute approximate surface area is 224 Å². The molecule has 3 aromatic carbocycles. The summed E-state index contributed by atoms with van der Waals surface area (Å²) in [4.78, 5) is 11.5. The molecule has 0 aliphatic heterocycles. The molecule has 2 atom stereocenters. The van der Waals surface area contributed by atoms with Crippen LogP contribution < -0.4 is 9.47 Å². The van der Waals surface area contributed by atoms with Crippen molar-refractivity contribution in [3.63, 3.8) is 0 Å². The van der Waals surface area contributed by atoms with Gasteiger partial charge in [0.05, 0.1) is 7.11 Å². The third kappa shape index (κ3) is 7.47. The summed E-state index contributed by atoms with van der Waals surface area (Å²) in [6.07, 6.45) is 11.6. The molecule has 198 valence electrons. The number of methoxy groups -OCH3 is 1. The fraction of sp³-hybridized carbons (Fsp3) is 0.441. The molecule has 2 unspecified atom stereocenters. The van der Waals surface area contributed by atoms with Crippen molar-refractivity contribution in [1.82, 2.24) is 0 Å². The topological polar surface area (TPSA) is 35.5 Å². The smallest absolute Gasteiger partial charge is 0.308 e. The van der Waals surface area contributed by atoms with Gasteiger partial charge >= 0.3 is 5.97 Å². The highest BCUT2D eigenvalue weighted by atomic mass is 16.5. The van der Waals surface area contributed by atoms with Crippen LogP contribution in [0.2, 0.25) is 0 Å². The molecule has 0 aliphatic carbocycles. The number of rotatable bonds is 15. The van der Waals surface area contributed by atoms with E-state index in [-0.39, 0.29) is 11.4 Å². The van der Waals surface area contributed by atoms with Crippen LogP contribution in [0.25, 0.3) is 0 Å². The van der Waals surface area contributed by atoms with Gasteiger partial charge in [0.15, 0.2) is 0 Å². The lowest BCUT2D eigenvalue weighted by atomic mass is 9.61. The van der Waals surface area contributed by atoms with Gasteiger partial charge in [-0.25, -0.2) is 0 Å². The Morgan fingerprint density at radius 3 is 1.70 bits per heavy atom. The second kappa shape index (κ2) is 14.6. The minimum atomic E-state index is -0.344. The van der Waals surface area contributed by atoms with Gasteiger partial charge in [-0.3, -0.25) is 4.79 Å². The largest absolute Gasteiger partial charge is 0.497 e. The van der Waals surface area contributed by atoms with Crippen molar-refractivity contribution in [2.45, 2.75) is 84.0 Å². The van der Waals surface area contributed by atoms with Gasteiger partial charge in [0.1, 0.15) is 11.5 Å². The fourth-order valence-electron chi connectivity index (χ4n) is 5.66. The molecule has 3 aromatic rings. The van der Waals surface area contributed by atoms with Crippen molar-refractivity contribution >= 4 is 5.97 Å². The molecule has 0 amide bonds. The zero-order chi connectivity index (χ0) is 26.5. The Hall–Kier alpha value is -3.07. The van der Waals surface area contributed by atoms with E-state index in [4.69, 9.17) is 9.47 Å². The molecule has 0 bridgehead atoms. The minimum absolute atomic E-state index is 0.305. The summed E-state index contributed by atoms with van der Waals surface area (Å²) < 4.78 is 10.8. The van der Waals surface area contributed by atoms with E-state index in [0.717, 1.165) is 12.2 Å². The number of hydrogen-bond acceptors (Lipinski definition) is 3. The number of benzene rings is 3. The maximum Gasteiger partial charge on any atom is 0.308 e. The molecule has 3 heteroatoms. The van der Waals surface area contributed by atoms with Crippen molar-refractivity contribution in [3.05, 3.63) is 95.6 Å². The van der Waals surface area contributed by atoms with E-state index in [0.29, 0.717) is 11.7 Å². The highest BCUT2D eigenvalue weighted by Gasteiger charge is 2.41. The molecule has 0 saturated carbocycles. The van der Waals surface area contributed by atoms with Gasteiger partial charge in [-0.1, -0.05) is 120 Å². The average Bonchev–Trinajstić information content (AvgIpc) is 2.92. The first-order valence-corrected chi connectivity index (χ1v) is 14.0. The molecule has 0 fully saturated rings. The quantitative estimate of drug-likeness (QED) is 0.0903. The molecular weight excluding hydrogens is 456 g/mol. The van der Waals surface area contributed by atoms with Crippen molar-refractivity contribution in [2.24, 2.45) is 5.92 Å². The maximum atomic E-state index is 11.5. The second-order valence-electron chi connectivity index (χ2n) is 10.2. The van der Waals surface area contributed by atoms with Gasteiger partial charge in [0.2, 0.25) is 0 Å². The van der Waals surface area contributed by atoms with E-state index in [2.05, 4.69) is 80.6 Å². The van der Waals surface area contributed by atoms with Gasteiger partial charge < -0.3 is 9.47 Å². The number of carbonyl (C=O) groups is 1. The first kappa shape index (κ1) is 28.5. The Morgan fingerprint density at radius 2 is 1.19 bits per heavy atom. The van der Waals surface area contributed by atoms with Crippen LogP contribution in [0, 0.1) is 5.92 Å². The molecule has 37 heavy (non-hydrogen) atoms. The Kier molecular flexibility index (Phi) is 11.3. The summed E-state index contributed by atoms with van der Waals surface area (Å²) >= 11 is 0. The standard InChI is InChI=1S/C34H44O3/c1-5-6-7-8-9-10-11-13-16-27(2)34(29-17-14-12-15-18-29,30-19-23-32(36-4)24-20-30)31-21-25-33(26-22-31)37-28(3)35/h12,14-15,17-27H,5-11,13,16H2,1-4H3. The number of esters is 1. The van der Waals surface area contributed by atoms with E-state index in [1.807, 2.05) is 12.1 Å². The number of carbonyl (C=O) groups excluding carboxylic acids is 1. The normalized spacial score (nSPS) is 13.5. The monoisotopic (exact) mass is 500 g/mol.